The van der Waals surface area contributed by atoms with Crippen molar-refractivity contribution < 1.29 is 19.7 Å². The highest BCUT2D eigenvalue weighted by atomic mass is 16.5. The smallest absolute Gasteiger partial charge is 0.354 e. The fourth-order valence-electron chi connectivity index (χ4n) is 1.40. The van der Waals surface area contributed by atoms with Gasteiger partial charge in [-0.2, -0.15) is 0 Å². The minimum Gasteiger partial charge on any atom is -0.477 e. The summed E-state index contributed by atoms with van der Waals surface area (Å²) in [5.41, 5.74) is 0.700. The van der Waals surface area contributed by atoms with Crippen LogP contribution in [0.5, 0.6) is 0 Å². The van der Waals surface area contributed by atoms with Gasteiger partial charge in [0, 0.05) is 13.7 Å². The van der Waals surface area contributed by atoms with Crippen molar-refractivity contribution in [1.29, 1.82) is 0 Å². The Bertz CT molecular complexity index is 347. The molecule has 0 aromatic carbocycles. The van der Waals surface area contributed by atoms with E-state index in [0.717, 1.165) is 0 Å². The fourth-order valence-corrected chi connectivity index (χ4v) is 1.40. The molecule has 1 aromatic rings. The predicted octanol–water partition coefficient (Wildman–Crippen LogP) is 0.589. The van der Waals surface area contributed by atoms with Crippen LogP contribution in [-0.2, 0) is 4.74 Å². The summed E-state index contributed by atoms with van der Waals surface area (Å²) in [7, 11) is 1.58. The predicted molar refractivity (Wildman–Crippen MR) is 62.2 cm³/mol. The van der Waals surface area contributed by atoms with Gasteiger partial charge in [-0.25, -0.2) is 9.78 Å². The first kappa shape index (κ1) is 13.4. The Morgan fingerprint density at radius 3 is 2.82 bits per heavy atom. The van der Waals surface area contributed by atoms with Crippen LogP contribution < -0.4 is 5.32 Å². The van der Waals surface area contributed by atoms with Crippen molar-refractivity contribution in [1.82, 2.24) is 4.98 Å². The first-order valence-corrected chi connectivity index (χ1v) is 5.23. The van der Waals surface area contributed by atoms with Crippen LogP contribution in [0.15, 0.2) is 18.3 Å². The van der Waals surface area contributed by atoms with E-state index in [4.69, 9.17) is 14.9 Å². The lowest BCUT2D eigenvalue weighted by molar-refractivity contribution is 0.0690. The number of rotatable bonds is 7. The topological polar surface area (TPSA) is 91.7 Å². The van der Waals surface area contributed by atoms with Gasteiger partial charge >= 0.3 is 5.97 Å². The maximum absolute atomic E-state index is 10.6. The molecule has 1 atom stereocenters. The summed E-state index contributed by atoms with van der Waals surface area (Å²) in [6.07, 6.45) is 2.00. The zero-order chi connectivity index (χ0) is 12.7. The van der Waals surface area contributed by atoms with Crippen LogP contribution in [0.4, 0.5) is 5.69 Å². The number of carboxylic acid groups (broad SMARTS) is 1. The maximum atomic E-state index is 10.6. The number of hydrogen-bond acceptors (Lipinski definition) is 5. The van der Waals surface area contributed by atoms with Gasteiger partial charge in [-0.15, -0.1) is 0 Å². The summed E-state index contributed by atoms with van der Waals surface area (Å²) in [6.45, 7) is 0.517. The van der Waals surface area contributed by atoms with Crippen molar-refractivity contribution in [3.8, 4) is 0 Å². The van der Waals surface area contributed by atoms with Gasteiger partial charge in [0.1, 0.15) is 5.69 Å². The van der Waals surface area contributed by atoms with Crippen LogP contribution in [0, 0.1) is 0 Å². The van der Waals surface area contributed by atoms with E-state index in [9.17, 15) is 4.79 Å². The van der Waals surface area contributed by atoms with Crippen molar-refractivity contribution in [2.24, 2.45) is 0 Å². The first-order chi connectivity index (χ1) is 8.17. The quantitative estimate of drug-likeness (QED) is 0.646. The van der Waals surface area contributed by atoms with E-state index in [1.165, 1.54) is 12.3 Å². The summed E-state index contributed by atoms with van der Waals surface area (Å²) < 4.78 is 5.00. The van der Waals surface area contributed by atoms with Crippen molar-refractivity contribution in [3.63, 3.8) is 0 Å². The van der Waals surface area contributed by atoms with Crippen molar-refractivity contribution in [2.45, 2.75) is 12.5 Å². The molecule has 1 rings (SSSR count). The third-order valence-electron chi connectivity index (χ3n) is 2.20. The average Bonchev–Trinajstić information content (AvgIpc) is 2.30. The molecule has 0 saturated carbocycles. The van der Waals surface area contributed by atoms with E-state index in [1.807, 2.05) is 0 Å². The molecule has 1 unspecified atom stereocenters. The number of ether oxygens (including phenoxy) is 1. The van der Waals surface area contributed by atoms with Gasteiger partial charge < -0.3 is 20.3 Å². The Labute approximate surface area is 99.3 Å². The molecule has 6 nitrogen and oxygen atoms in total. The molecule has 1 heterocycles. The lowest BCUT2D eigenvalue weighted by atomic mass is 10.2. The van der Waals surface area contributed by atoms with Crippen LogP contribution in [0.3, 0.4) is 0 Å². The Morgan fingerprint density at radius 1 is 1.59 bits per heavy atom. The van der Waals surface area contributed by atoms with Crippen LogP contribution >= 0.6 is 0 Å². The van der Waals surface area contributed by atoms with Crippen molar-refractivity contribution in [3.05, 3.63) is 24.0 Å². The van der Waals surface area contributed by atoms with Crippen LogP contribution in [0.1, 0.15) is 16.9 Å². The Balaban J connectivity index is 2.62. The average molecular weight is 240 g/mol. The minimum atomic E-state index is -1.06. The molecule has 0 aliphatic rings. The van der Waals surface area contributed by atoms with E-state index >= 15 is 0 Å². The SMILES string of the molecule is COCC(CCO)Nc1ccc(C(=O)O)nc1. The highest BCUT2D eigenvalue weighted by Gasteiger charge is 2.09. The summed E-state index contributed by atoms with van der Waals surface area (Å²) in [5.74, 6) is -1.06. The molecule has 3 N–H and O–H groups in total. The summed E-state index contributed by atoms with van der Waals surface area (Å²) in [5, 5.41) is 20.7. The van der Waals surface area contributed by atoms with E-state index in [-0.39, 0.29) is 18.3 Å². The zero-order valence-electron chi connectivity index (χ0n) is 9.59. The third kappa shape index (κ3) is 4.38. The van der Waals surface area contributed by atoms with Gasteiger partial charge in [0.2, 0.25) is 0 Å². The maximum Gasteiger partial charge on any atom is 0.354 e. The minimum absolute atomic E-state index is 0.000926. The number of anilines is 1. The lowest BCUT2D eigenvalue weighted by Crippen LogP contribution is -2.26. The Morgan fingerprint density at radius 2 is 2.35 bits per heavy atom. The van der Waals surface area contributed by atoms with Gasteiger partial charge in [-0.3, -0.25) is 0 Å². The summed E-state index contributed by atoms with van der Waals surface area (Å²) in [4.78, 5) is 14.4. The van der Waals surface area contributed by atoms with Crippen LogP contribution in [0.2, 0.25) is 0 Å². The zero-order valence-corrected chi connectivity index (χ0v) is 9.59. The highest BCUT2D eigenvalue weighted by Crippen LogP contribution is 2.09. The Kier molecular flexibility index (Phi) is 5.38. The second-order valence-electron chi connectivity index (χ2n) is 3.55. The molecule has 0 fully saturated rings. The van der Waals surface area contributed by atoms with Crippen molar-refractivity contribution in [2.75, 3.05) is 25.6 Å². The number of aromatic nitrogens is 1. The number of hydrogen-bond donors (Lipinski definition) is 3. The largest absolute Gasteiger partial charge is 0.477 e. The van der Waals surface area contributed by atoms with Gasteiger partial charge in [-0.05, 0) is 18.6 Å². The molecule has 6 heteroatoms. The molecule has 0 amide bonds. The number of carboxylic acids is 1. The molecule has 0 spiro atoms. The first-order valence-electron chi connectivity index (χ1n) is 5.23. The molecule has 0 radical (unpaired) electrons. The molecule has 0 aliphatic heterocycles. The second-order valence-corrected chi connectivity index (χ2v) is 3.55. The summed E-state index contributed by atoms with van der Waals surface area (Å²) in [6, 6.07) is 3.03. The molecule has 0 aliphatic carbocycles. The van der Waals surface area contributed by atoms with E-state index in [0.29, 0.717) is 18.7 Å². The highest BCUT2D eigenvalue weighted by molar-refractivity contribution is 5.85. The lowest BCUT2D eigenvalue weighted by Gasteiger charge is -2.17. The standard InChI is InChI=1S/C11H16N2O4/c1-17-7-9(4-5-14)13-8-2-3-10(11(15)16)12-6-8/h2-3,6,9,13-14H,4-5,7H2,1H3,(H,15,16). The third-order valence-corrected chi connectivity index (χ3v) is 2.20. The van der Waals surface area contributed by atoms with E-state index in [2.05, 4.69) is 10.3 Å². The number of methoxy groups -OCH3 is 1. The fraction of sp³-hybridized carbons (Fsp3) is 0.455. The number of carbonyl (C=O) groups is 1. The molecular formula is C11H16N2O4. The number of nitrogens with one attached hydrogen (secondary N) is 1. The van der Waals surface area contributed by atoms with E-state index in [1.54, 1.807) is 13.2 Å². The second kappa shape index (κ2) is 6.82. The van der Waals surface area contributed by atoms with Crippen LogP contribution in [-0.4, -0.2) is 47.5 Å². The number of aliphatic hydroxyl groups excluding tert-OH is 1. The van der Waals surface area contributed by atoms with Gasteiger partial charge in [0.15, 0.2) is 0 Å². The molecule has 1 aromatic heterocycles. The molecule has 0 saturated heterocycles. The normalized spacial score (nSPS) is 12.1. The van der Waals surface area contributed by atoms with Gasteiger partial charge in [-0.1, -0.05) is 0 Å². The number of aliphatic hydroxyl groups is 1. The van der Waals surface area contributed by atoms with Gasteiger partial charge in [0.05, 0.1) is 24.5 Å². The number of nitrogens with zero attached hydrogens (tertiary/aromatic N) is 1. The van der Waals surface area contributed by atoms with Gasteiger partial charge in [0.25, 0.3) is 0 Å². The Hall–Kier alpha value is -1.66. The number of pyridine rings is 1. The number of aromatic carboxylic acids is 1. The molecular weight excluding hydrogens is 224 g/mol. The molecule has 0 bridgehead atoms. The monoisotopic (exact) mass is 240 g/mol. The van der Waals surface area contributed by atoms with Crippen LogP contribution in [0.25, 0.3) is 0 Å². The molecule has 94 valence electrons. The van der Waals surface area contributed by atoms with Crippen molar-refractivity contribution >= 4 is 11.7 Å². The molecule has 17 heavy (non-hydrogen) atoms. The van der Waals surface area contributed by atoms with E-state index < -0.39 is 5.97 Å². The summed E-state index contributed by atoms with van der Waals surface area (Å²) >= 11 is 0.